The Bertz CT molecular complexity index is 718. The fraction of sp³-hybridized carbons (Fsp3) is 0.231. The van der Waals surface area contributed by atoms with E-state index < -0.39 is 34.3 Å². The molecule has 1 aromatic carbocycles. The van der Waals surface area contributed by atoms with Crippen LogP contribution in [0.15, 0.2) is 27.8 Å². The van der Waals surface area contributed by atoms with Crippen LogP contribution >= 0.6 is 11.8 Å². The van der Waals surface area contributed by atoms with E-state index in [2.05, 4.69) is 15.5 Å². The lowest BCUT2D eigenvalue weighted by Crippen LogP contribution is -2.31. The second kappa shape index (κ2) is 7.18. The molecule has 0 spiro atoms. The van der Waals surface area contributed by atoms with E-state index in [9.17, 15) is 23.5 Å². The van der Waals surface area contributed by atoms with Crippen molar-refractivity contribution in [3.8, 4) is 0 Å². The Balaban J connectivity index is 1.97. The van der Waals surface area contributed by atoms with E-state index in [0.29, 0.717) is 0 Å². The first kappa shape index (κ1) is 16.9. The number of carboxylic acids is 1. The monoisotopic (exact) mass is 342 g/mol. The van der Waals surface area contributed by atoms with E-state index in [0.717, 1.165) is 30.0 Å². The highest BCUT2D eigenvalue weighted by Gasteiger charge is 2.18. The molecule has 0 fully saturated rings. The van der Waals surface area contributed by atoms with E-state index in [-0.39, 0.29) is 17.7 Å². The summed E-state index contributed by atoms with van der Waals surface area (Å²) in [6.07, 6.45) is 0. The van der Waals surface area contributed by atoms with E-state index >= 15 is 0 Å². The van der Waals surface area contributed by atoms with Crippen molar-refractivity contribution in [1.29, 1.82) is 0 Å². The third-order valence-electron chi connectivity index (χ3n) is 2.65. The van der Waals surface area contributed by atoms with Gasteiger partial charge in [0, 0.05) is 0 Å². The minimum Gasteiger partial charge on any atom is -0.549 e. The van der Waals surface area contributed by atoms with E-state index in [4.69, 9.17) is 4.42 Å². The predicted octanol–water partition coefficient (Wildman–Crippen LogP) is 0.508. The first-order chi connectivity index (χ1) is 10.9. The summed E-state index contributed by atoms with van der Waals surface area (Å²) < 4.78 is 32.0. The molecule has 7 nitrogen and oxygen atoms in total. The van der Waals surface area contributed by atoms with Crippen LogP contribution in [0.3, 0.4) is 0 Å². The van der Waals surface area contributed by atoms with E-state index in [1.807, 2.05) is 0 Å². The van der Waals surface area contributed by atoms with Crippen molar-refractivity contribution in [3.63, 3.8) is 0 Å². The molecule has 1 N–H and O–H groups in total. The number of aliphatic carboxylic acids is 1. The average Bonchev–Trinajstić information content (AvgIpc) is 2.92. The topological polar surface area (TPSA) is 108 Å². The van der Waals surface area contributed by atoms with Gasteiger partial charge in [0.15, 0.2) is 0 Å². The molecule has 0 unspecified atom stereocenters. The van der Waals surface area contributed by atoms with Gasteiger partial charge in [-0.05, 0) is 19.1 Å². The zero-order valence-electron chi connectivity index (χ0n) is 11.7. The molecular weight excluding hydrogens is 332 g/mol. The highest BCUT2D eigenvalue weighted by atomic mass is 32.2. The van der Waals surface area contributed by atoms with Gasteiger partial charge in [0.05, 0.1) is 17.8 Å². The number of halogens is 2. The number of nitrogens with one attached hydrogen (secondary N) is 1. The van der Waals surface area contributed by atoms with Crippen molar-refractivity contribution in [2.24, 2.45) is 0 Å². The van der Waals surface area contributed by atoms with Gasteiger partial charge >= 0.3 is 0 Å². The van der Waals surface area contributed by atoms with Gasteiger partial charge < -0.3 is 19.6 Å². The molecule has 0 radical (unpaired) electrons. The molecule has 0 saturated carbocycles. The molecule has 0 aliphatic carbocycles. The van der Waals surface area contributed by atoms with Gasteiger partial charge in [0.1, 0.15) is 17.2 Å². The number of benzene rings is 1. The Morgan fingerprint density at radius 1 is 1.35 bits per heavy atom. The second-order valence-corrected chi connectivity index (χ2v) is 5.61. The molecule has 2 aromatic rings. The number of carbonyl (C=O) groups is 2. The molecule has 1 aromatic heterocycles. The fourth-order valence-electron chi connectivity index (χ4n) is 1.52. The van der Waals surface area contributed by atoms with Crippen molar-refractivity contribution in [1.82, 2.24) is 15.5 Å². The molecule has 0 saturated heterocycles. The van der Waals surface area contributed by atoms with Gasteiger partial charge in [-0.1, -0.05) is 17.8 Å². The number of nitrogens with zero attached hydrogens (tertiary/aromatic N) is 2. The molecule has 0 bridgehead atoms. The summed E-state index contributed by atoms with van der Waals surface area (Å²) in [5, 5.41) is 19.1. The maximum atomic E-state index is 13.4. The Morgan fingerprint density at radius 2 is 2.00 bits per heavy atom. The summed E-state index contributed by atoms with van der Waals surface area (Å²) >= 11 is 0.773. The van der Waals surface area contributed by atoms with Crippen molar-refractivity contribution in [2.45, 2.75) is 23.9 Å². The maximum Gasteiger partial charge on any atom is 0.277 e. The van der Waals surface area contributed by atoms with Crippen molar-refractivity contribution in [3.05, 3.63) is 41.3 Å². The SMILES string of the molecule is C[C@H](Sc1nnc(CNC(=O)c2c(F)cccc2F)o1)C(=O)[O-]. The summed E-state index contributed by atoms with van der Waals surface area (Å²) in [7, 11) is 0. The van der Waals surface area contributed by atoms with Crippen LogP contribution in [0.1, 0.15) is 23.2 Å². The molecule has 1 heterocycles. The molecule has 10 heteroatoms. The summed E-state index contributed by atoms with van der Waals surface area (Å²) in [5.74, 6) is -4.29. The second-order valence-electron chi connectivity index (χ2n) is 4.32. The Hall–Kier alpha value is -2.49. The van der Waals surface area contributed by atoms with Crippen LogP contribution in [-0.4, -0.2) is 27.3 Å². The van der Waals surface area contributed by atoms with Gasteiger partial charge in [-0.25, -0.2) is 8.78 Å². The lowest BCUT2D eigenvalue weighted by molar-refractivity contribution is -0.304. The van der Waals surface area contributed by atoms with Gasteiger partial charge in [-0.2, -0.15) is 0 Å². The molecule has 122 valence electrons. The molecule has 2 rings (SSSR count). The number of rotatable bonds is 6. The minimum absolute atomic E-state index is 0.0250. The standard InChI is InChI=1S/C13H11F2N3O4S/c1-6(12(20)21)23-13-18-17-9(22-13)5-16-11(19)10-7(14)3-2-4-8(10)15/h2-4,6H,5H2,1H3,(H,16,19)(H,20,21)/p-1/t6-/m0/s1. The zero-order valence-corrected chi connectivity index (χ0v) is 12.5. The number of thioether (sulfide) groups is 1. The number of hydrogen-bond donors (Lipinski definition) is 1. The molecule has 23 heavy (non-hydrogen) atoms. The summed E-state index contributed by atoms with van der Waals surface area (Å²) in [6, 6.07) is 3.06. The van der Waals surface area contributed by atoms with E-state index in [1.54, 1.807) is 0 Å². The largest absolute Gasteiger partial charge is 0.549 e. The highest BCUT2D eigenvalue weighted by molar-refractivity contribution is 8.00. The quantitative estimate of drug-likeness (QED) is 0.762. The minimum atomic E-state index is -1.29. The van der Waals surface area contributed by atoms with Crippen molar-refractivity contribution in [2.75, 3.05) is 0 Å². The maximum absolute atomic E-state index is 13.4. The van der Waals surface area contributed by atoms with Crippen LogP contribution in [0, 0.1) is 11.6 Å². The summed E-state index contributed by atoms with van der Waals surface area (Å²) in [4.78, 5) is 22.4. The van der Waals surface area contributed by atoms with Gasteiger partial charge in [0.2, 0.25) is 5.89 Å². The van der Waals surface area contributed by atoms with Crippen LogP contribution in [0.25, 0.3) is 0 Å². The third kappa shape index (κ3) is 4.25. The van der Waals surface area contributed by atoms with Gasteiger partial charge in [-0.3, -0.25) is 4.79 Å². The zero-order chi connectivity index (χ0) is 17.0. The Kier molecular flexibility index (Phi) is 5.27. The Morgan fingerprint density at radius 3 is 2.61 bits per heavy atom. The first-order valence-corrected chi connectivity index (χ1v) is 7.18. The normalized spacial score (nSPS) is 12.0. The number of amides is 1. The van der Waals surface area contributed by atoms with Crippen molar-refractivity contribution >= 4 is 23.6 Å². The molecule has 0 aliphatic rings. The predicted molar refractivity (Wildman–Crippen MR) is 72.2 cm³/mol. The highest BCUT2D eigenvalue weighted by Crippen LogP contribution is 2.21. The summed E-state index contributed by atoms with van der Waals surface area (Å²) in [5.41, 5.74) is -0.716. The average molecular weight is 342 g/mol. The molecule has 0 aliphatic heterocycles. The van der Waals surface area contributed by atoms with Gasteiger partial charge in [-0.15, -0.1) is 10.2 Å². The number of aromatic nitrogens is 2. The number of hydrogen-bond acceptors (Lipinski definition) is 7. The van der Waals surface area contributed by atoms with Crippen LogP contribution in [0.2, 0.25) is 0 Å². The van der Waals surface area contributed by atoms with Crippen LogP contribution in [0.4, 0.5) is 8.78 Å². The first-order valence-electron chi connectivity index (χ1n) is 6.30. The van der Waals surface area contributed by atoms with Crippen molar-refractivity contribution < 1.29 is 27.9 Å². The van der Waals surface area contributed by atoms with E-state index in [1.165, 1.54) is 6.92 Å². The van der Waals surface area contributed by atoms with Crippen LogP contribution in [-0.2, 0) is 11.3 Å². The third-order valence-corrected chi connectivity index (χ3v) is 3.56. The smallest absolute Gasteiger partial charge is 0.277 e. The lowest BCUT2D eigenvalue weighted by atomic mass is 10.2. The molecule has 1 atom stereocenters. The number of carboxylic acid groups (broad SMARTS) is 1. The Labute approximate surface area is 133 Å². The fourth-order valence-corrected chi connectivity index (χ4v) is 2.15. The molecular formula is C13H10F2N3O4S-. The number of carbonyl (C=O) groups excluding carboxylic acids is 2. The van der Waals surface area contributed by atoms with Gasteiger partial charge in [0.25, 0.3) is 11.1 Å². The summed E-state index contributed by atoms with van der Waals surface area (Å²) in [6.45, 7) is 1.12. The van der Waals surface area contributed by atoms with Crippen LogP contribution in [0.5, 0.6) is 0 Å². The molecule has 1 amide bonds. The van der Waals surface area contributed by atoms with Crippen LogP contribution < -0.4 is 10.4 Å². The lowest BCUT2D eigenvalue weighted by Gasteiger charge is -2.07.